The summed E-state index contributed by atoms with van der Waals surface area (Å²) in [6.45, 7) is 3.51. The summed E-state index contributed by atoms with van der Waals surface area (Å²) in [6.07, 6.45) is 0.954. The number of hydrogen-bond acceptors (Lipinski definition) is 5. The van der Waals surface area contributed by atoms with Crippen LogP contribution in [0.2, 0.25) is 0 Å². The van der Waals surface area contributed by atoms with Gasteiger partial charge in [0, 0.05) is 12.5 Å². The Morgan fingerprint density at radius 2 is 1.52 bits per heavy atom. The fourth-order valence-corrected chi connectivity index (χ4v) is 5.14. The second-order valence-electron chi connectivity index (χ2n) is 7.02. The molecule has 1 N–H and O–H groups in total. The van der Waals surface area contributed by atoms with E-state index in [9.17, 15) is 8.42 Å². The number of nitrogens with zero attached hydrogens (tertiary/aromatic N) is 1. The molecule has 0 radical (unpaired) electrons. The SMILES string of the molecule is COc1ccc(CC[NH+]2CCN(S(=O)(=O)c3cc(OC)ccc3OC)CC2)cc1. The molecule has 1 aliphatic rings. The molecule has 8 heteroatoms. The molecule has 3 rings (SSSR count). The van der Waals surface area contributed by atoms with E-state index in [1.807, 2.05) is 12.1 Å². The van der Waals surface area contributed by atoms with Crippen molar-refractivity contribution < 1.29 is 27.5 Å². The zero-order valence-electron chi connectivity index (χ0n) is 17.2. The molecule has 1 fully saturated rings. The third kappa shape index (κ3) is 5.01. The van der Waals surface area contributed by atoms with Gasteiger partial charge in [0.05, 0.1) is 54.1 Å². The van der Waals surface area contributed by atoms with Gasteiger partial charge in [-0.05, 0) is 29.8 Å². The van der Waals surface area contributed by atoms with Gasteiger partial charge in [0.1, 0.15) is 22.1 Å². The standard InChI is InChI=1S/C21H28N2O5S/c1-26-18-6-4-17(5-7-18)10-11-22-12-14-23(15-13-22)29(24,25)21-16-19(27-2)8-9-20(21)28-3/h4-9,16H,10-15H2,1-3H3/p+1. The third-order valence-corrected chi connectivity index (χ3v) is 7.26. The van der Waals surface area contributed by atoms with E-state index in [1.54, 1.807) is 23.5 Å². The highest BCUT2D eigenvalue weighted by atomic mass is 32.2. The number of benzene rings is 2. The van der Waals surface area contributed by atoms with E-state index < -0.39 is 10.0 Å². The van der Waals surface area contributed by atoms with E-state index in [0.717, 1.165) is 31.8 Å². The summed E-state index contributed by atoms with van der Waals surface area (Å²) in [4.78, 5) is 1.56. The van der Waals surface area contributed by atoms with Crippen molar-refractivity contribution in [3.05, 3.63) is 48.0 Å². The lowest BCUT2D eigenvalue weighted by molar-refractivity contribution is -0.903. The first kappa shape index (κ1) is 21.4. The number of piperazine rings is 1. The minimum Gasteiger partial charge on any atom is -0.497 e. The number of rotatable bonds is 8. The highest BCUT2D eigenvalue weighted by Crippen LogP contribution is 2.30. The monoisotopic (exact) mass is 421 g/mol. The summed E-state index contributed by atoms with van der Waals surface area (Å²) in [6, 6.07) is 12.9. The van der Waals surface area contributed by atoms with Crippen LogP contribution in [0.15, 0.2) is 47.4 Å². The molecule has 0 saturated carbocycles. The number of hydrogen-bond donors (Lipinski definition) is 1. The first-order chi connectivity index (χ1) is 14.0. The Bertz CT molecular complexity index is 907. The molecule has 0 aromatic heterocycles. The summed E-state index contributed by atoms with van der Waals surface area (Å²) in [5, 5.41) is 0. The quantitative estimate of drug-likeness (QED) is 0.684. The van der Waals surface area contributed by atoms with Gasteiger partial charge in [0.2, 0.25) is 10.0 Å². The molecule has 0 spiro atoms. The zero-order chi connectivity index (χ0) is 20.9. The highest BCUT2D eigenvalue weighted by Gasteiger charge is 2.32. The van der Waals surface area contributed by atoms with Crippen molar-refractivity contribution in [1.29, 1.82) is 0 Å². The first-order valence-electron chi connectivity index (χ1n) is 9.66. The predicted octanol–water partition coefficient (Wildman–Crippen LogP) is 0.844. The van der Waals surface area contributed by atoms with E-state index in [2.05, 4.69) is 12.1 Å². The second-order valence-corrected chi connectivity index (χ2v) is 8.93. The van der Waals surface area contributed by atoms with E-state index in [-0.39, 0.29) is 4.90 Å². The van der Waals surface area contributed by atoms with Crippen molar-refractivity contribution in [2.24, 2.45) is 0 Å². The van der Waals surface area contributed by atoms with Crippen LogP contribution in [0.1, 0.15) is 5.56 Å². The normalized spacial score (nSPS) is 15.8. The van der Waals surface area contributed by atoms with Crippen molar-refractivity contribution in [3.8, 4) is 17.2 Å². The molecule has 158 valence electrons. The number of nitrogens with one attached hydrogen (secondary N) is 1. The molecule has 0 atom stereocenters. The van der Waals surface area contributed by atoms with E-state index in [4.69, 9.17) is 14.2 Å². The van der Waals surface area contributed by atoms with Gasteiger partial charge < -0.3 is 19.1 Å². The van der Waals surface area contributed by atoms with Gasteiger partial charge in [-0.1, -0.05) is 12.1 Å². The predicted molar refractivity (Wildman–Crippen MR) is 111 cm³/mol. The Labute approximate surface area is 172 Å². The molecular formula is C21H29N2O5S+. The van der Waals surface area contributed by atoms with Crippen LogP contribution in [0.4, 0.5) is 0 Å². The molecular weight excluding hydrogens is 392 g/mol. The molecule has 1 aliphatic heterocycles. The average molecular weight is 422 g/mol. The fourth-order valence-electron chi connectivity index (χ4n) is 3.53. The maximum atomic E-state index is 13.2. The third-order valence-electron chi connectivity index (χ3n) is 5.34. The van der Waals surface area contributed by atoms with Gasteiger partial charge in [-0.2, -0.15) is 4.31 Å². The molecule has 0 aliphatic carbocycles. The minimum atomic E-state index is -3.63. The Kier molecular flexibility index (Phi) is 7.00. The molecule has 1 saturated heterocycles. The molecule has 1 heterocycles. The van der Waals surface area contributed by atoms with Crippen molar-refractivity contribution in [2.45, 2.75) is 11.3 Å². The van der Waals surface area contributed by atoms with Crippen LogP contribution in [0.3, 0.4) is 0 Å². The van der Waals surface area contributed by atoms with Crippen LogP contribution < -0.4 is 19.1 Å². The lowest BCUT2D eigenvalue weighted by atomic mass is 10.1. The molecule has 2 aromatic rings. The molecule has 0 bridgehead atoms. The van der Waals surface area contributed by atoms with Crippen LogP contribution in [0.5, 0.6) is 17.2 Å². The average Bonchev–Trinajstić information content (AvgIpc) is 2.77. The number of sulfonamides is 1. The highest BCUT2D eigenvalue weighted by molar-refractivity contribution is 7.89. The smallest absolute Gasteiger partial charge is 0.247 e. The summed E-state index contributed by atoms with van der Waals surface area (Å²) in [5.74, 6) is 1.68. The van der Waals surface area contributed by atoms with Crippen molar-refractivity contribution in [3.63, 3.8) is 0 Å². The van der Waals surface area contributed by atoms with Crippen LogP contribution in [-0.2, 0) is 16.4 Å². The van der Waals surface area contributed by atoms with Gasteiger partial charge >= 0.3 is 0 Å². The summed E-state index contributed by atoms with van der Waals surface area (Å²) >= 11 is 0. The van der Waals surface area contributed by atoms with E-state index >= 15 is 0 Å². The molecule has 2 aromatic carbocycles. The van der Waals surface area contributed by atoms with Gasteiger partial charge in [-0.15, -0.1) is 0 Å². The van der Waals surface area contributed by atoms with Gasteiger partial charge in [0.25, 0.3) is 0 Å². The summed E-state index contributed by atoms with van der Waals surface area (Å²) < 4.78 is 43.5. The fraction of sp³-hybridized carbons (Fsp3) is 0.429. The Morgan fingerprint density at radius 3 is 2.10 bits per heavy atom. The van der Waals surface area contributed by atoms with Gasteiger partial charge in [-0.3, -0.25) is 0 Å². The number of quaternary nitrogens is 1. The molecule has 0 unspecified atom stereocenters. The molecule has 0 amide bonds. The Morgan fingerprint density at radius 1 is 0.897 bits per heavy atom. The molecule has 29 heavy (non-hydrogen) atoms. The van der Waals surface area contributed by atoms with Crippen LogP contribution in [0.25, 0.3) is 0 Å². The van der Waals surface area contributed by atoms with E-state index in [0.29, 0.717) is 24.6 Å². The number of ether oxygens (including phenoxy) is 3. The van der Waals surface area contributed by atoms with Crippen LogP contribution >= 0.6 is 0 Å². The van der Waals surface area contributed by atoms with Crippen molar-refractivity contribution in [1.82, 2.24) is 4.31 Å². The minimum absolute atomic E-state index is 0.154. The lowest BCUT2D eigenvalue weighted by Gasteiger charge is -2.31. The topological polar surface area (TPSA) is 69.5 Å². The second kappa shape index (κ2) is 9.47. The van der Waals surface area contributed by atoms with Crippen molar-refractivity contribution >= 4 is 10.0 Å². The summed E-state index contributed by atoms with van der Waals surface area (Å²) in [5.41, 5.74) is 1.26. The van der Waals surface area contributed by atoms with Gasteiger partial charge in [0.15, 0.2) is 0 Å². The van der Waals surface area contributed by atoms with Crippen molar-refractivity contribution in [2.75, 3.05) is 54.1 Å². The van der Waals surface area contributed by atoms with Gasteiger partial charge in [-0.25, -0.2) is 8.42 Å². The molecule has 7 nitrogen and oxygen atoms in total. The largest absolute Gasteiger partial charge is 0.497 e. The van der Waals surface area contributed by atoms with Crippen LogP contribution in [-0.4, -0.2) is 66.8 Å². The Balaban J connectivity index is 1.60. The lowest BCUT2D eigenvalue weighted by Crippen LogP contribution is -3.15. The first-order valence-corrected chi connectivity index (χ1v) is 11.1. The van der Waals surface area contributed by atoms with Crippen LogP contribution in [0, 0.1) is 0 Å². The number of methoxy groups -OCH3 is 3. The zero-order valence-corrected chi connectivity index (χ0v) is 18.0. The maximum absolute atomic E-state index is 13.2. The summed E-state index contributed by atoms with van der Waals surface area (Å²) in [7, 11) is 1.02. The van der Waals surface area contributed by atoms with E-state index in [1.165, 1.54) is 30.7 Å². The maximum Gasteiger partial charge on any atom is 0.247 e. The Hall–Kier alpha value is -2.29.